The van der Waals surface area contributed by atoms with Crippen molar-refractivity contribution in [1.82, 2.24) is 0 Å². The zero-order valence-electron chi connectivity index (χ0n) is 14.7. The maximum atomic E-state index is 13.4. The number of nitrogens with zero attached hydrogens (tertiary/aromatic N) is 1. The summed E-state index contributed by atoms with van der Waals surface area (Å²) < 4.78 is 51.3. The van der Waals surface area contributed by atoms with Crippen LogP contribution < -0.4 is 9.47 Å². The molecule has 0 amide bonds. The summed E-state index contributed by atoms with van der Waals surface area (Å²) in [6, 6.07) is 2.17. The molecule has 10 heteroatoms. The monoisotopic (exact) mass is 535 g/mol. The van der Waals surface area contributed by atoms with Crippen molar-refractivity contribution < 1.29 is 27.5 Å². The Kier molecular flexibility index (Phi) is 10.5. The Morgan fingerprint density at radius 1 is 1.15 bits per heavy atom. The summed E-state index contributed by atoms with van der Waals surface area (Å²) in [5.74, 6) is -0.407. The molecular formula is C17H19Br2ClF3NO3. The third kappa shape index (κ3) is 9.71. The fraction of sp³-hybridized carbons (Fsp3) is 0.471. The Labute approximate surface area is 177 Å². The van der Waals surface area contributed by atoms with Crippen molar-refractivity contribution in [1.29, 1.82) is 0 Å². The van der Waals surface area contributed by atoms with Crippen molar-refractivity contribution in [2.45, 2.75) is 32.9 Å². The quantitative estimate of drug-likeness (QED) is 0.184. The number of unbranched alkanes of at least 4 members (excludes halogenated alkanes) is 1. The average molecular weight is 538 g/mol. The van der Waals surface area contributed by atoms with Crippen LogP contribution >= 0.6 is 43.5 Å². The topological polar surface area (TPSA) is 40.0 Å². The van der Waals surface area contributed by atoms with E-state index in [1.807, 2.05) is 0 Å². The summed E-state index contributed by atoms with van der Waals surface area (Å²) in [5.41, 5.74) is -0.191. The lowest BCUT2D eigenvalue weighted by Crippen LogP contribution is -2.11. The fourth-order valence-corrected chi connectivity index (χ4v) is 2.36. The number of oxime groups is 1. The van der Waals surface area contributed by atoms with E-state index in [2.05, 4.69) is 37.0 Å². The molecule has 0 aliphatic rings. The van der Waals surface area contributed by atoms with Crippen LogP contribution in [0, 0.1) is 0 Å². The zero-order chi connectivity index (χ0) is 20.4. The normalized spacial score (nSPS) is 11.0. The minimum absolute atomic E-state index is 0.00151. The summed E-state index contributed by atoms with van der Waals surface area (Å²) >= 11 is 12.3. The van der Waals surface area contributed by atoms with Crippen LogP contribution in [0.25, 0.3) is 0 Å². The molecule has 0 N–H and O–H groups in total. The van der Waals surface area contributed by atoms with Gasteiger partial charge in [0.1, 0.15) is 30.3 Å². The Balaban J connectivity index is 2.74. The number of ether oxygens (including phenoxy) is 2. The van der Waals surface area contributed by atoms with Gasteiger partial charge in [0.25, 0.3) is 0 Å². The number of rotatable bonds is 10. The van der Waals surface area contributed by atoms with E-state index in [4.69, 9.17) is 25.9 Å². The lowest BCUT2D eigenvalue weighted by Gasteiger charge is -2.17. The predicted molar refractivity (Wildman–Crippen MR) is 107 cm³/mol. The highest BCUT2D eigenvalue weighted by Crippen LogP contribution is 2.43. The van der Waals surface area contributed by atoms with Gasteiger partial charge in [-0.15, -0.1) is 0 Å². The highest BCUT2D eigenvalue weighted by atomic mass is 79.9. The van der Waals surface area contributed by atoms with Crippen LogP contribution in [0.15, 0.2) is 26.8 Å². The van der Waals surface area contributed by atoms with Crippen LogP contribution in [0.2, 0.25) is 5.02 Å². The van der Waals surface area contributed by atoms with E-state index >= 15 is 0 Å². The van der Waals surface area contributed by atoms with E-state index in [0.717, 1.165) is 11.8 Å². The molecule has 0 radical (unpaired) electrons. The number of hydrogen-bond acceptors (Lipinski definition) is 4. The molecule has 0 saturated carbocycles. The van der Waals surface area contributed by atoms with E-state index in [9.17, 15) is 13.2 Å². The minimum atomic E-state index is -4.62. The molecule has 0 saturated heterocycles. The van der Waals surface area contributed by atoms with Gasteiger partial charge in [0.05, 0.1) is 20.7 Å². The van der Waals surface area contributed by atoms with Crippen LogP contribution in [0.5, 0.6) is 11.5 Å². The summed E-state index contributed by atoms with van der Waals surface area (Å²) in [6.45, 7) is 4.09. The molecule has 0 aromatic heterocycles. The molecule has 1 aromatic carbocycles. The first-order chi connectivity index (χ1) is 12.6. The first-order valence-electron chi connectivity index (χ1n) is 7.92. The van der Waals surface area contributed by atoms with Crippen LogP contribution in [-0.4, -0.2) is 25.5 Å². The summed E-state index contributed by atoms with van der Waals surface area (Å²) in [5, 5.41) is 3.61. The molecular weight excluding hydrogens is 518 g/mol. The van der Waals surface area contributed by atoms with Gasteiger partial charge in [-0.1, -0.05) is 16.8 Å². The molecule has 1 rings (SSSR count). The van der Waals surface area contributed by atoms with Crippen molar-refractivity contribution in [2.24, 2.45) is 5.16 Å². The van der Waals surface area contributed by atoms with Crippen molar-refractivity contribution in [3.8, 4) is 11.5 Å². The molecule has 0 heterocycles. The first-order valence-corrected chi connectivity index (χ1v) is 9.88. The third-order valence-corrected chi connectivity index (χ3v) is 3.86. The second-order valence-corrected chi connectivity index (χ2v) is 8.69. The lowest BCUT2D eigenvalue weighted by molar-refractivity contribution is -0.139. The molecule has 0 atom stereocenters. The van der Waals surface area contributed by atoms with Gasteiger partial charge in [-0.2, -0.15) is 13.2 Å². The van der Waals surface area contributed by atoms with Gasteiger partial charge < -0.3 is 14.3 Å². The number of hydrogen-bond donors (Lipinski definition) is 0. The first kappa shape index (κ1) is 24.1. The lowest BCUT2D eigenvalue weighted by atomic mass is 10.1. The van der Waals surface area contributed by atoms with Gasteiger partial charge in [-0.05, 0) is 70.7 Å². The van der Waals surface area contributed by atoms with Gasteiger partial charge in [0, 0.05) is 6.07 Å². The molecule has 27 heavy (non-hydrogen) atoms. The third-order valence-electron chi connectivity index (χ3n) is 2.93. The van der Waals surface area contributed by atoms with Crippen LogP contribution in [0.4, 0.5) is 13.2 Å². The molecule has 0 bridgehead atoms. The molecule has 1 aromatic rings. The SMILES string of the molecule is CC(C)=NOCCCCOc1c(Cl)cc(OCC=C(Br)Br)cc1C(F)(F)F. The molecule has 0 aliphatic carbocycles. The summed E-state index contributed by atoms with van der Waals surface area (Å²) in [7, 11) is 0. The highest BCUT2D eigenvalue weighted by molar-refractivity contribution is 9.28. The second kappa shape index (κ2) is 11.8. The Morgan fingerprint density at radius 3 is 2.41 bits per heavy atom. The minimum Gasteiger partial charge on any atom is -0.491 e. The van der Waals surface area contributed by atoms with Crippen molar-refractivity contribution in [2.75, 3.05) is 19.8 Å². The van der Waals surface area contributed by atoms with Crippen LogP contribution in [-0.2, 0) is 11.0 Å². The van der Waals surface area contributed by atoms with Gasteiger partial charge in [-0.25, -0.2) is 0 Å². The molecule has 0 fully saturated rings. The second-order valence-electron chi connectivity index (χ2n) is 5.51. The Bertz CT molecular complexity index is 674. The average Bonchev–Trinajstić information content (AvgIpc) is 2.53. The van der Waals surface area contributed by atoms with Gasteiger partial charge in [-0.3, -0.25) is 0 Å². The molecule has 152 valence electrons. The van der Waals surface area contributed by atoms with Gasteiger partial charge in [0.2, 0.25) is 0 Å². The smallest absolute Gasteiger partial charge is 0.420 e. The maximum absolute atomic E-state index is 13.4. The van der Waals surface area contributed by atoms with Gasteiger partial charge in [0.15, 0.2) is 0 Å². The largest absolute Gasteiger partial charge is 0.491 e. The molecule has 0 aliphatic heterocycles. The maximum Gasteiger partial charge on any atom is 0.420 e. The molecule has 4 nitrogen and oxygen atoms in total. The van der Waals surface area contributed by atoms with E-state index in [-0.39, 0.29) is 24.0 Å². The molecule has 0 spiro atoms. The van der Waals surface area contributed by atoms with Crippen molar-refractivity contribution >= 4 is 49.2 Å². The van der Waals surface area contributed by atoms with Crippen LogP contribution in [0.3, 0.4) is 0 Å². The Hall–Kier alpha value is -0.930. The molecule has 0 unspecified atom stereocenters. The predicted octanol–water partition coefficient (Wildman–Crippen LogP) is 6.94. The van der Waals surface area contributed by atoms with Crippen molar-refractivity contribution in [3.05, 3.63) is 32.2 Å². The van der Waals surface area contributed by atoms with Crippen molar-refractivity contribution in [3.63, 3.8) is 0 Å². The highest BCUT2D eigenvalue weighted by Gasteiger charge is 2.36. The van der Waals surface area contributed by atoms with E-state index < -0.39 is 17.5 Å². The van der Waals surface area contributed by atoms with E-state index in [1.165, 1.54) is 6.07 Å². The van der Waals surface area contributed by atoms with Crippen LogP contribution in [0.1, 0.15) is 32.3 Å². The fourth-order valence-electron chi connectivity index (χ4n) is 1.83. The summed E-state index contributed by atoms with van der Waals surface area (Å²) in [6.07, 6.45) is -1.95. The summed E-state index contributed by atoms with van der Waals surface area (Å²) in [4.78, 5) is 5.02. The number of alkyl halides is 3. The standard InChI is InChI=1S/C17H19Br2ClF3NO3/c1-11(2)24-27-7-4-3-6-26-16-13(17(21,22)23)9-12(10-14(16)20)25-8-5-15(18)19/h5,9-10H,3-4,6-8H2,1-2H3. The zero-order valence-corrected chi connectivity index (χ0v) is 18.6. The van der Waals surface area contributed by atoms with Gasteiger partial charge >= 0.3 is 6.18 Å². The number of halogens is 6. The Morgan fingerprint density at radius 2 is 1.81 bits per heavy atom. The number of benzene rings is 1. The van der Waals surface area contributed by atoms with E-state index in [1.54, 1.807) is 19.9 Å². The van der Waals surface area contributed by atoms with E-state index in [0.29, 0.717) is 22.8 Å².